The summed E-state index contributed by atoms with van der Waals surface area (Å²) in [5, 5.41) is 16.1. The van der Waals surface area contributed by atoms with E-state index in [0.29, 0.717) is 29.9 Å². The Hall–Kier alpha value is -2.59. The van der Waals surface area contributed by atoms with Gasteiger partial charge in [0, 0.05) is 56.5 Å². The molecule has 0 amide bonds. The Labute approximate surface area is 179 Å². The Morgan fingerprint density at radius 2 is 1.81 bits per heavy atom. The molecule has 3 N–H and O–H groups in total. The second-order valence-corrected chi connectivity index (χ2v) is 8.52. The van der Waals surface area contributed by atoms with Crippen LogP contribution in [0.25, 0.3) is 0 Å². The largest absolute Gasteiger partial charge is 0.387 e. The van der Waals surface area contributed by atoms with Crippen molar-refractivity contribution < 1.29 is 13.9 Å². The van der Waals surface area contributed by atoms with Gasteiger partial charge in [-0.25, -0.2) is 18.7 Å². The molecule has 1 atom stereocenters. The van der Waals surface area contributed by atoms with Gasteiger partial charge in [0.05, 0.1) is 24.6 Å². The van der Waals surface area contributed by atoms with Crippen LogP contribution >= 0.6 is 0 Å². The van der Waals surface area contributed by atoms with Crippen LogP contribution in [0.5, 0.6) is 0 Å². The first-order chi connectivity index (χ1) is 15.0. The van der Waals surface area contributed by atoms with Crippen LogP contribution in [0.3, 0.4) is 0 Å². The lowest BCUT2D eigenvalue weighted by Gasteiger charge is -2.37. The molecule has 31 heavy (non-hydrogen) atoms. The number of piperidine rings is 1. The second kappa shape index (κ2) is 8.16. The third-order valence-corrected chi connectivity index (χ3v) is 6.09. The number of aliphatic hydroxyl groups excluding tert-OH is 1. The quantitative estimate of drug-likeness (QED) is 0.663. The number of nitrogens with zero attached hydrogens (tertiary/aromatic N) is 5. The van der Waals surface area contributed by atoms with Crippen LogP contribution < -0.4 is 20.4 Å². The van der Waals surface area contributed by atoms with Gasteiger partial charge in [-0.2, -0.15) is 0 Å². The van der Waals surface area contributed by atoms with Crippen molar-refractivity contribution >= 4 is 23.1 Å². The van der Waals surface area contributed by atoms with E-state index in [2.05, 4.69) is 30.5 Å². The molecule has 2 aromatic rings. The van der Waals surface area contributed by atoms with E-state index in [1.165, 1.54) is 0 Å². The van der Waals surface area contributed by atoms with E-state index < -0.39 is 18.6 Å². The van der Waals surface area contributed by atoms with Crippen molar-refractivity contribution in [1.29, 1.82) is 0 Å². The first-order valence-corrected chi connectivity index (χ1v) is 10.9. The van der Waals surface area contributed by atoms with Crippen LogP contribution in [0, 0.1) is 0 Å². The minimum atomic E-state index is -3.16. The second-order valence-electron chi connectivity index (χ2n) is 8.52. The van der Waals surface area contributed by atoms with Crippen molar-refractivity contribution in [2.45, 2.75) is 37.2 Å². The third-order valence-electron chi connectivity index (χ3n) is 6.09. The molecule has 2 saturated heterocycles. The Bertz CT molecular complexity index is 916. The van der Waals surface area contributed by atoms with Gasteiger partial charge in [0.1, 0.15) is 23.6 Å². The molecule has 10 heteroatoms. The van der Waals surface area contributed by atoms with Gasteiger partial charge in [-0.05, 0) is 19.3 Å². The predicted octanol–water partition coefficient (Wildman–Crippen LogP) is 2.11. The number of hydrogen-bond donors (Lipinski definition) is 3. The lowest BCUT2D eigenvalue weighted by Crippen LogP contribution is -2.52. The molecule has 166 valence electrons. The first kappa shape index (κ1) is 20.3. The molecule has 8 nitrogen and oxygen atoms in total. The number of alkyl halides is 2. The van der Waals surface area contributed by atoms with Crippen LogP contribution in [0.1, 0.15) is 30.9 Å². The summed E-state index contributed by atoms with van der Waals surface area (Å²) in [6, 6.07) is 3.77. The first-order valence-electron chi connectivity index (χ1n) is 10.9. The molecule has 1 aliphatic carbocycles. The summed E-state index contributed by atoms with van der Waals surface area (Å²) in [6.07, 6.45) is 4.19. The van der Waals surface area contributed by atoms with E-state index in [0.717, 1.165) is 50.4 Å². The number of halogens is 2. The number of aromatic nitrogens is 3. The average Bonchev–Trinajstić information content (AvgIpc) is 3.62. The molecule has 5 rings (SSSR count). The zero-order chi connectivity index (χ0) is 21.4. The maximum Gasteiger partial charge on any atom is 0.290 e. The van der Waals surface area contributed by atoms with Crippen molar-refractivity contribution in [2.24, 2.45) is 0 Å². The van der Waals surface area contributed by atoms with E-state index in [4.69, 9.17) is 0 Å². The molecular formula is C21H27F2N7O. The Morgan fingerprint density at radius 3 is 2.48 bits per heavy atom. The number of piperazine rings is 1. The summed E-state index contributed by atoms with van der Waals surface area (Å²) >= 11 is 0. The predicted molar refractivity (Wildman–Crippen MR) is 114 cm³/mol. The number of anilines is 4. The number of pyridine rings is 1. The van der Waals surface area contributed by atoms with Crippen molar-refractivity contribution in [2.75, 3.05) is 54.4 Å². The van der Waals surface area contributed by atoms with Gasteiger partial charge in [-0.3, -0.25) is 4.98 Å². The number of aliphatic hydroxyl groups is 1. The van der Waals surface area contributed by atoms with E-state index in [-0.39, 0.29) is 6.42 Å². The van der Waals surface area contributed by atoms with Crippen molar-refractivity contribution in [1.82, 2.24) is 20.3 Å². The molecule has 0 bridgehead atoms. The molecule has 1 saturated carbocycles. The molecular weight excluding hydrogens is 404 g/mol. The van der Waals surface area contributed by atoms with Crippen LogP contribution in [-0.2, 0) is 0 Å². The third kappa shape index (κ3) is 4.54. The fourth-order valence-corrected chi connectivity index (χ4v) is 4.08. The molecule has 3 fully saturated rings. The fourth-order valence-electron chi connectivity index (χ4n) is 4.08. The normalized spacial score (nSPS) is 23.6. The van der Waals surface area contributed by atoms with Gasteiger partial charge in [-0.1, -0.05) is 0 Å². The maximum absolute atomic E-state index is 14.2. The minimum Gasteiger partial charge on any atom is -0.387 e. The van der Waals surface area contributed by atoms with Crippen LogP contribution in [0.15, 0.2) is 24.5 Å². The Morgan fingerprint density at radius 1 is 1.00 bits per heavy atom. The number of rotatable bonds is 5. The summed E-state index contributed by atoms with van der Waals surface area (Å²) in [5.41, 5.74) is 1.92. The lowest BCUT2D eigenvalue weighted by atomic mass is 10.0. The molecule has 3 aliphatic rings. The van der Waals surface area contributed by atoms with Gasteiger partial charge in [0.2, 0.25) is 0 Å². The van der Waals surface area contributed by atoms with Gasteiger partial charge in [0.25, 0.3) is 5.92 Å². The standard InChI is InChI=1S/C21H27F2N7O/c22-21(23)13-30(6-3-17(21)31)20-10-15(29-7-4-24-5-8-29)9-18(28-20)27-19-12-25-16(11-26-19)14-1-2-14/h9-12,14,17,24,31H,1-8,13H2,(H,26,27,28). The van der Waals surface area contributed by atoms with Crippen LogP contribution in [0.4, 0.5) is 31.9 Å². The number of hydrogen-bond acceptors (Lipinski definition) is 8. The average molecular weight is 431 g/mol. The molecule has 4 heterocycles. The Kier molecular flexibility index (Phi) is 5.35. The summed E-state index contributed by atoms with van der Waals surface area (Å²) < 4.78 is 28.3. The Balaban J connectivity index is 1.42. The van der Waals surface area contributed by atoms with E-state index in [1.54, 1.807) is 17.3 Å². The van der Waals surface area contributed by atoms with E-state index in [1.807, 2.05) is 12.1 Å². The summed E-state index contributed by atoms with van der Waals surface area (Å²) in [6.45, 7) is 3.15. The molecule has 0 radical (unpaired) electrons. The molecule has 1 unspecified atom stereocenters. The fraction of sp³-hybridized carbons (Fsp3) is 0.571. The topological polar surface area (TPSA) is 89.4 Å². The highest BCUT2D eigenvalue weighted by molar-refractivity contribution is 5.65. The van der Waals surface area contributed by atoms with Gasteiger partial charge in [0.15, 0.2) is 0 Å². The highest BCUT2D eigenvalue weighted by Crippen LogP contribution is 2.38. The highest BCUT2D eigenvalue weighted by Gasteiger charge is 2.44. The molecule has 0 spiro atoms. The van der Waals surface area contributed by atoms with E-state index in [9.17, 15) is 13.9 Å². The molecule has 2 aromatic heterocycles. The summed E-state index contributed by atoms with van der Waals surface area (Å²) in [7, 11) is 0. The SMILES string of the molecule is OC1CCN(c2cc(N3CCNCC3)cc(Nc3cnc(C4CC4)cn3)n2)CC1(F)F. The highest BCUT2D eigenvalue weighted by atomic mass is 19.3. The molecule has 2 aliphatic heterocycles. The van der Waals surface area contributed by atoms with Crippen molar-refractivity contribution in [3.63, 3.8) is 0 Å². The monoisotopic (exact) mass is 431 g/mol. The van der Waals surface area contributed by atoms with Gasteiger partial charge < -0.3 is 25.5 Å². The smallest absolute Gasteiger partial charge is 0.290 e. The van der Waals surface area contributed by atoms with Crippen LogP contribution in [0.2, 0.25) is 0 Å². The molecule has 0 aromatic carbocycles. The van der Waals surface area contributed by atoms with E-state index >= 15 is 0 Å². The van der Waals surface area contributed by atoms with Gasteiger partial charge in [-0.15, -0.1) is 0 Å². The summed E-state index contributed by atoms with van der Waals surface area (Å²) in [5.74, 6) is -1.07. The lowest BCUT2D eigenvalue weighted by molar-refractivity contribution is -0.113. The number of nitrogens with one attached hydrogen (secondary N) is 2. The maximum atomic E-state index is 14.2. The summed E-state index contributed by atoms with van der Waals surface area (Å²) in [4.78, 5) is 17.3. The van der Waals surface area contributed by atoms with Crippen LogP contribution in [-0.4, -0.2) is 71.4 Å². The van der Waals surface area contributed by atoms with Gasteiger partial charge >= 0.3 is 0 Å². The van der Waals surface area contributed by atoms with Crippen molar-refractivity contribution in [3.8, 4) is 0 Å². The minimum absolute atomic E-state index is 0.00338. The zero-order valence-corrected chi connectivity index (χ0v) is 17.3. The zero-order valence-electron chi connectivity index (χ0n) is 17.3. The van der Waals surface area contributed by atoms with Crippen molar-refractivity contribution in [3.05, 3.63) is 30.2 Å².